The Hall–Kier alpha value is -4.81. The molecule has 2 aromatic carbocycles. The molecule has 0 bridgehead atoms. The van der Waals surface area contributed by atoms with Gasteiger partial charge in [0.05, 0.1) is 35.7 Å². The van der Waals surface area contributed by atoms with Gasteiger partial charge in [0.1, 0.15) is 11.3 Å². The van der Waals surface area contributed by atoms with Gasteiger partial charge in [0.25, 0.3) is 5.91 Å². The number of fused-ring (bicyclic) bond motifs is 1. The van der Waals surface area contributed by atoms with Gasteiger partial charge >= 0.3 is 0 Å². The Morgan fingerprint density at radius 2 is 2.00 bits per heavy atom. The highest BCUT2D eigenvalue weighted by molar-refractivity contribution is 6.33. The molecular formula is C30H33ClN8O4. The number of halogens is 1. The number of carbonyl (C=O) groups excluding carboxylic acids is 2. The van der Waals surface area contributed by atoms with Crippen LogP contribution in [-0.2, 0) is 16.1 Å². The third kappa shape index (κ3) is 6.82. The van der Waals surface area contributed by atoms with Crippen LogP contribution in [0, 0.1) is 0 Å². The molecule has 0 unspecified atom stereocenters. The van der Waals surface area contributed by atoms with Crippen molar-refractivity contribution in [2.45, 2.75) is 26.5 Å². The summed E-state index contributed by atoms with van der Waals surface area (Å²) in [6, 6.07) is 11.0. The summed E-state index contributed by atoms with van der Waals surface area (Å²) in [5.41, 5.74) is 9.19. The minimum Gasteiger partial charge on any atom is -0.489 e. The number of carbonyl (C=O) groups is 2. The van der Waals surface area contributed by atoms with Gasteiger partial charge in [-0.25, -0.2) is 4.98 Å². The van der Waals surface area contributed by atoms with Gasteiger partial charge in [-0.05, 0) is 49.8 Å². The van der Waals surface area contributed by atoms with Gasteiger partial charge in [-0.1, -0.05) is 24.2 Å². The molecule has 0 atom stereocenters. The number of ether oxygens (including phenoxy) is 2. The molecule has 3 heterocycles. The van der Waals surface area contributed by atoms with Crippen molar-refractivity contribution in [3.63, 3.8) is 0 Å². The van der Waals surface area contributed by atoms with Gasteiger partial charge in [-0.3, -0.25) is 14.0 Å². The second kappa shape index (κ2) is 13.0. The molecule has 0 radical (unpaired) electrons. The molecule has 2 aromatic heterocycles. The molecule has 1 aliphatic rings. The fourth-order valence-corrected chi connectivity index (χ4v) is 4.87. The molecule has 0 saturated carbocycles. The minimum atomic E-state index is -0.679. The number of nitrogens with two attached hydrogens (primary N) is 1. The van der Waals surface area contributed by atoms with Crippen LogP contribution in [0.25, 0.3) is 5.65 Å². The zero-order chi connectivity index (χ0) is 30.5. The molecule has 224 valence electrons. The summed E-state index contributed by atoms with van der Waals surface area (Å²) in [5, 5.41) is 9.63. The molecule has 1 saturated heterocycles. The van der Waals surface area contributed by atoms with E-state index in [-0.39, 0.29) is 23.4 Å². The maximum atomic E-state index is 12.6. The zero-order valence-corrected chi connectivity index (χ0v) is 24.6. The van der Waals surface area contributed by atoms with Crippen molar-refractivity contribution in [1.29, 1.82) is 0 Å². The van der Waals surface area contributed by atoms with E-state index in [0.29, 0.717) is 53.5 Å². The van der Waals surface area contributed by atoms with Crippen LogP contribution in [0.3, 0.4) is 0 Å². The average Bonchev–Trinajstić information content (AvgIpc) is 3.47. The number of morpholine rings is 1. The quantitative estimate of drug-likeness (QED) is 0.180. The number of nitrogens with one attached hydrogen (secondary N) is 3. The van der Waals surface area contributed by atoms with Crippen LogP contribution in [0.5, 0.6) is 5.75 Å². The molecule has 4 aromatic rings. The van der Waals surface area contributed by atoms with Crippen molar-refractivity contribution in [3.05, 3.63) is 77.6 Å². The summed E-state index contributed by atoms with van der Waals surface area (Å²) in [4.78, 5) is 35.8. The number of anilines is 5. The number of amides is 2. The van der Waals surface area contributed by atoms with Gasteiger partial charge in [0.15, 0.2) is 11.5 Å². The van der Waals surface area contributed by atoms with Crippen molar-refractivity contribution in [1.82, 2.24) is 14.4 Å². The Labute approximate surface area is 253 Å². The Kier molecular flexibility index (Phi) is 8.98. The topological polar surface area (TPSA) is 148 Å². The van der Waals surface area contributed by atoms with Crippen LogP contribution in [0.4, 0.5) is 28.8 Å². The highest BCUT2D eigenvalue weighted by atomic mass is 35.5. The number of primary amides is 1. The van der Waals surface area contributed by atoms with Crippen molar-refractivity contribution in [2.24, 2.45) is 5.73 Å². The first kappa shape index (κ1) is 29.7. The van der Waals surface area contributed by atoms with Crippen LogP contribution >= 0.6 is 11.6 Å². The molecular weight excluding hydrogens is 572 g/mol. The highest BCUT2D eigenvalue weighted by Crippen LogP contribution is 2.35. The molecule has 43 heavy (non-hydrogen) atoms. The Morgan fingerprint density at radius 1 is 1.21 bits per heavy atom. The van der Waals surface area contributed by atoms with Gasteiger partial charge in [-0.2, -0.15) is 4.98 Å². The third-order valence-corrected chi connectivity index (χ3v) is 6.98. The van der Waals surface area contributed by atoms with Crippen molar-refractivity contribution in [3.8, 4) is 5.75 Å². The summed E-state index contributed by atoms with van der Waals surface area (Å²) in [6.45, 7) is 10.5. The lowest BCUT2D eigenvalue weighted by molar-refractivity contribution is -0.111. The Bertz CT molecular complexity index is 1670. The van der Waals surface area contributed by atoms with Gasteiger partial charge < -0.3 is 36.1 Å². The molecule has 0 aliphatic carbocycles. The monoisotopic (exact) mass is 604 g/mol. The first-order chi connectivity index (χ1) is 20.7. The third-order valence-electron chi connectivity index (χ3n) is 6.66. The van der Waals surface area contributed by atoms with E-state index in [1.54, 1.807) is 28.9 Å². The standard InChI is InChI=1S/C30H33ClN8O4/c1-4-25(40)36-22-15-19(5-7-21(22)31)17-34-30-37-28(26(27(32)41)29-33-9-10-39(29)30)35-20-6-8-23(24(16-20)43-18(2)3)38-11-13-42-14-12-38/h4-10,15-16,18,35H,1,11-14,17H2,2-3H3,(H2,32,41)(H,34,37)(H,36,40). The predicted molar refractivity (Wildman–Crippen MR) is 168 cm³/mol. The highest BCUT2D eigenvalue weighted by Gasteiger charge is 2.22. The van der Waals surface area contributed by atoms with E-state index in [0.717, 1.165) is 24.3 Å². The smallest absolute Gasteiger partial charge is 0.256 e. The van der Waals surface area contributed by atoms with E-state index in [2.05, 4.69) is 32.4 Å². The summed E-state index contributed by atoms with van der Waals surface area (Å²) >= 11 is 6.25. The number of hydrogen-bond donors (Lipinski definition) is 4. The molecule has 1 aliphatic heterocycles. The lowest BCUT2D eigenvalue weighted by Crippen LogP contribution is -2.36. The number of aromatic nitrogens is 3. The lowest BCUT2D eigenvalue weighted by Gasteiger charge is -2.31. The number of benzene rings is 2. The summed E-state index contributed by atoms with van der Waals surface area (Å²) < 4.78 is 13.3. The second-order valence-corrected chi connectivity index (χ2v) is 10.5. The number of rotatable bonds is 11. The zero-order valence-electron chi connectivity index (χ0n) is 23.9. The van der Waals surface area contributed by atoms with Crippen LogP contribution < -0.4 is 31.3 Å². The van der Waals surface area contributed by atoms with E-state index in [4.69, 9.17) is 31.8 Å². The average molecular weight is 605 g/mol. The van der Waals surface area contributed by atoms with Crippen molar-refractivity contribution >= 4 is 57.9 Å². The number of nitrogens with zero attached hydrogens (tertiary/aromatic N) is 4. The second-order valence-electron chi connectivity index (χ2n) is 10.1. The van der Waals surface area contributed by atoms with E-state index in [1.807, 2.05) is 38.1 Å². The Balaban J connectivity index is 1.47. The molecule has 13 heteroatoms. The summed E-state index contributed by atoms with van der Waals surface area (Å²) in [7, 11) is 0. The van der Waals surface area contributed by atoms with Gasteiger partial charge in [0.2, 0.25) is 11.9 Å². The normalized spacial score (nSPS) is 13.2. The first-order valence-corrected chi connectivity index (χ1v) is 14.1. The van der Waals surface area contributed by atoms with Gasteiger partial charge in [-0.15, -0.1) is 0 Å². The van der Waals surface area contributed by atoms with Crippen LogP contribution in [0.2, 0.25) is 5.02 Å². The molecule has 2 amide bonds. The molecule has 1 fully saturated rings. The van der Waals surface area contributed by atoms with Crippen molar-refractivity contribution < 1.29 is 19.1 Å². The molecule has 5 N–H and O–H groups in total. The maximum absolute atomic E-state index is 12.6. The van der Waals surface area contributed by atoms with E-state index in [9.17, 15) is 9.59 Å². The van der Waals surface area contributed by atoms with Crippen LogP contribution in [0.15, 0.2) is 61.4 Å². The van der Waals surface area contributed by atoms with Gasteiger partial charge in [0, 0.05) is 43.8 Å². The fraction of sp³-hybridized carbons (Fsp3) is 0.267. The maximum Gasteiger partial charge on any atom is 0.256 e. The van der Waals surface area contributed by atoms with E-state index >= 15 is 0 Å². The van der Waals surface area contributed by atoms with Crippen molar-refractivity contribution in [2.75, 3.05) is 47.2 Å². The fourth-order valence-electron chi connectivity index (χ4n) is 4.71. The molecule has 5 rings (SSSR count). The largest absolute Gasteiger partial charge is 0.489 e. The van der Waals surface area contributed by atoms with E-state index in [1.165, 1.54) is 6.08 Å². The lowest BCUT2D eigenvalue weighted by atomic mass is 10.2. The Morgan fingerprint density at radius 3 is 2.72 bits per heavy atom. The molecule has 12 nitrogen and oxygen atoms in total. The molecule has 0 spiro atoms. The predicted octanol–water partition coefficient (Wildman–Crippen LogP) is 4.59. The number of hydrogen-bond acceptors (Lipinski definition) is 9. The SMILES string of the molecule is C=CC(=O)Nc1cc(CNc2nc(Nc3ccc(N4CCOCC4)c(OC(C)C)c3)c(C(N)=O)c3nccn23)ccc1Cl. The number of imidazole rings is 1. The summed E-state index contributed by atoms with van der Waals surface area (Å²) in [6.07, 6.45) is 4.37. The summed E-state index contributed by atoms with van der Waals surface area (Å²) in [5.74, 6) is 0.298. The van der Waals surface area contributed by atoms with Crippen LogP contribution in [0.1, 0.15) is 29.8 Å². The van der Waals surface area contributed by atoms with Crippen LogP contribution in [-0.4, -0.2) is 58.6 Å². The van der Waals surface area contributed by atoms with E-state index < -0.39 is 5.91 Å². The first-order valence-electron chi connectivity index (χ1n) is 13.8. The minimum absolute atomic E-state index is 0.0510.